The Morgan fingerprint density at radius 2 is 2.14 bits per heavy atom. The van der Waals surface area contributed by atoms with Crippen molar-refractivity contribution in [3.8, 4) is 0 Å². The first-order valence-corrected chi connectivity index (χ1v) is 7.14. The van der Waals surface area contributed by atoms with Gasteiger partial charge in [0.25, 0.3) is 5.91 Å². The van der Waals surface area contributed by atoms with E-state index in [9.17, 15) is 9.59 Å². The molecule has 3 rings (SSSR count). The highest BCUT2D eigenvalue weighted by molar-refractivity contribution is 6.34. The van der Waals surface area contributed by atoms with Crippen LogP contribution in [0.2, 0.25) is 5.15 Å². The van der Waals surface area contributed by atoms with Crippen molar-refractivity contribution >= 4 is 34.2 Å². The first-order valence-electron chi connectivity index (χ1n) is 6.76. The fraction of sp³-hybridized carbons (Fsp3) is 0.267. The van der Waals surface area contributed by atoms with E-state index in [4.69, 9.17) is 11.6 Å². The van der Waals surface area contributed by atoms with Crippen LogP contribution in [0.4, 0.5) is 0 Å². The molecule has 2 aromatic rings. The molecule has 2 amide bonds. The molecule has 0 spiro atoms. The number of halogens is 1. The van der Waals surface area contributed by atoms with Crippen molar-refractivity contribution in [2.24, 2.45) is 0 Å². The maximum atomic E-state index is 12.3. The number of benzene rings is 1. The van der Waals surface area contributed by atoms with E-state index < -0.39 is 0 Å². The Hall–Kier alpha value is -2.14. The molecule has 2 N–H and O–H groups in total. The summed E-state index contributed by atoms with van der Waals surface area (Å²) in [4.78, 5) is 27.5. The molecule has 0 radical (unpaired) electrons. The number of rotatable bonds is 3. The summed E-state index contributed by atoms with van der Waals surface area (Å²) in [5.41, 5.74) is 0.485. The molecular formula is C15H14ClN3O2. The van der Waals surface area contributed by atoms with Gasteiger partial charge in [0.15, 0.2) is 0 Å². The van der Waals surface area contributed by atoms with Crippen molar-refractivity contribution in [3.05, 3.63) is 41.2 Å². The number of amides is 2. The minimum atomic E-state index is -0.212. The largest absolute Gasteiger partial charge is 0.352 e. The lowest BCUT2D eigenvalue weighted by molar-refractivity contribution is -0.119. The van der Waals surface area contributed by atoms with Crippen LogP contribution in [0.5, 0.6) is 0 Å². The molecule has 6 heteroatoms. The van der Waals surface area contributed by atoms with Crippen LogP contribution < -0.4 is 10.6 Å². The quantitative estimate of drug-likeness (QED) is 0.851. The Morgan fingerprint density at radius 1 is 1.38 bits per heavy atom. The van der Waals surface area contributed by atoms with Gasteiger partial charge in [-0.05, 0) is 11.8 Å². The van der Waals surface area contributed by atoms with E-state index in [1.165, 1.54) is 6.20 Å². The monoisotopic (exact) mass is 303 g/mol. The molecular weight excluding hydrogens is 290 g/mol. The summed E-state index contributed by atoms with van der Waals surface area (Å²) in [6, 6.07) is 7.39. The molecule has 1 aromatic carbocycles. The first-order chi connectivity index (χ1) is 10.1. The molecule has 0 bridgehead atoms. The van der Waals surface area contributed by atoms with E-state index in [0.717, 1.165) is 17.2 Å². The zero-order valence-corrected chi connectivity index (χ0v) is 12.0. The van der Waals surface area contributed by atoms with E-state index in [0.29, 0.717) is 23.7 Å². The summed E-state index contributed by atoms with van der Waals surface area (Å²) in [5, 5.41) is 7.55. The molecule has 0 aliphatic carbocycles. The summed E-state index contributed by atoms with van der Waals surface area (Å²) in [6.45, 7) is 0.418. The average Bonchev–Trinajstić information content (AvgIpc) is 2.91. The predicted molar refractivity (Wildman–Crippen MR) is 80.3 cm³/mol. The second-order valence-electron chi connectivity index (χ2n) is 5.02. The summed E-state index contributed by atoms with van der Waals surface area (Å²) < 4.78 is 0. The van der Waals surface area contributed by atoms with Gasteiger partial charge in [0, 0.05) is 30.6 Å². The number of hydrogen-bond donors (Lipinski definition) is 2. The Kier molecular flexibility index (Phi) is 3.75. The molecule has 1 aliphatic rings. The molecule has 5 nitrogen and oxygen atoms in total. The lowest BCUT2D eigenvalue weighted by Gasteiger charge is -2.12. The van der Waals surface area contributed by atoms with Gasteiger partial charge in [0.1, 0.15) is 5.15 Å². The van der Waals surface area contributed by atoms with Gasteiger partial charge in [0.05, 0.1) is 5.56 Å². The number of nitrogens with zero attached hydrogens (tertiary/aromatic N) is 1. The first kappa shape index (κ1) is 13.8. The fourth-order valence-corrected chi connectivity index (χ4v) is 2.69. The van der Waals surface area contributed by atoms with Crippen molar-refractivity contribution in [3.63, 3.8) is 0 Å². The average molecular weight is 304 g/mol. The van der Waals surface area contributed by atoms with Gasteiger partial charge < -0.3 is 10.6 Å². The molecule has 108 valence electrons. The third-order valence-electron chi connectivity index (χ3n) is 3.59. The molecule has 0 saturated carbocycles. The fourth-order valence-electron chi connectivity index (χ4n) is 2.48. The molecule has 2 heterocycles. The Bertz CT molecular complexity index is 717. The van der Waals surface area contributed by atoms with Crippen molar-refractivity contribution < 1.29 is 9.59 Å². The topological polar surface area (TPSA) is 71.1 Å². The van der Waals surface area contributed by atoms with E-state index >= 15 is 0 Å². The van der Waals surface area contributed by atoms with Crippen molar-refractivity contribution in [2.75, 3.05) is 6.54 Å². The molecule has 1 aromatic heterocycles. The summed E-state index contributed by atoms with van der Waals surface area (Å²) >= 11 is 6.04. The number of carbonyl (C=O) groups is 2. The SMILES string of the molecule is O=C1CCC(CNC(=O)c2cnc(Cl)c3ccccc23)N1. The van der Waals surface area contributed by atoms with Gasteiger partial charge in [0.2, 0.25) is 5.91 Å². The highest BCUT2D eigenvalue weighted by atomic mass is 35.5. The standard InChI is InChI=1S/C15H14ClN3O2/c16-14-11-4-2-1-3-10(11)12(8-17-14)15(21)18-7-9-5-6-13(20)19-9/h1-4,8-9H,5-7H2,(H,18,21)(H,19,20). The van der Waals surface area contributed by atoms with E-state index in [1.54, 1.807) is 0 Å². The minimum Gasteiger partial charge on any atom is -0.352 e. The summed E-state index contributed by atoms with van der Waals surface area (Å²) in [5.74, 6) is -0.177. The zero-order chi connectivity index (χ0) is 14.8. The molecule has 1 fully saturated rings. The van der Waals surface area contributed by atoms with Crippen LogP contribution in [0, 0.1) is 0 Å². The van der Waals surface area contributed by atoms with Gasteiger partial charge in [-0.2, -0.15) is 0 Å². The highest BCUT2D eigenvalue weighted by Gasteiger charge is 2.21. The molecule has 1 unspecified atom stereocenters. The van der Waals surface area contributed by atoms with Crippen LogP contribution in [0.15, 0.2) is 30.5 Å². The van der Waals surface area contributed by atoms with Gasteiger partial charge in [-0.25, -0.2) is 4.98 Å². The van der Waals surface area contributed by atoms with E-state index in [1.807, 2.05) is 24.3 Å². The highest BCUT2D eigenvalue weighted by Crippen LogP contribution is 2.24. The molecule has 1 atom stereocenters. The lowest BCUT2D eigenvalue weighted by Crippen LogP contribution is -2.38. The molecule has 1 aliphatic heterocycles. The number of carbonyl (C=O) groups excluding carboxylic acids is 2. The van der Waals surface area contributed by atoms with Crippen LogP contribution in [-0.4, -0.2) is 29.4 Å². The second kappa shape index (κ2) is 5.69. The van der Waals surface area contributed by atoms with Crippen LogP contribution >= 0.6 is 11.6 Å². The van der Waals surface area contributed by atoms with Crippen LogP contribution in [-0.2, 0) is 4.79 Å². The lowest BCUT2D eigenvalue weighted by atomic mass is 10.1. The molecule has 1 saturated heterocycles. The van der Waals surface area contributed by atoms with Crippen LogP contribution in [0.25, 0.3) is 10.8 Å². The van der Waals surface area contributed by atoms with Crippen molar-refractivity contribution in [2.45, 2.75) is 18.9 Å². The Morgan fingerprint density at radius 3 is 2.86 bits per heavy atom. The maximum Gasteiger partial charge on any atom is 0.253 e. The third-order valence-corrected chi connectivity index (χ3v) is 3.89. The predicted octanol–water partition coefficient (Wildman–Crippen LogP) is 1.90. The minimum absolute atomic E-state index is 0.00738. The Balaban J connectivity index is 1.79. The Labute approximate surface area is 126 Å². The van der Waals surface area contributed by atoms with Crippen LogP contribution in [0.1, 0.15) is 23.2 Å². The number of hydrogen-bond acceptors (Lipinski definition) is 3. The van der Waals surface area contributed by atoms with Crippen molar-refractivity contribution in [1.29, 1.82) is 0 Å². The normalized spacial score (nSPS) is 17.8. The summed E-state index contributed by atoms with van der Waals surface area (Å²) in [6.07, 6.45) is 2.75. The third kappa shape index (κ3) is 2.83. The second-order valence-corrected chi connectivity index (χ2v) is 5.38. The van der Waals surface area contributed by atoms with Crippen LogP contribution in [0.3, 0.4) is 0 Å². The zero-order valence-electron chi connectivity index (χ0n) is 11.2. The van der Waals surface area contributed by atoms with Gasteiger partial charge >= 0.3 is 0 Å². The molecule has 21 heavy (non-hydrogen) atoms. The maximum absolute atomic E-state index is 12.3. The smallest absolute Gasteiger partial charge is 0.253 e. The number of nitrogens with one attached hydrogen (secondary N) is 2. The van der Waals surface area contributed by atoms with E-state index in [-0.39, 0.29) is 17.9 Å². The number of pyridine rings is 1. The van der Waals surface area contributed by atoms with E-state index in [2.05, 4.69) is 15.6 Å². The summed E-state index contributed by atoms with van der Waals surface area (Å²) in [7, 11) is 0. The van der Waals surface area contributed by atoms with Crippen molar-refractivity contribution in [1.82, 2.24) is 15.6 Å². The van der Waals surface area contributed by atoms with Gasteiger partial charge in [-0.15, -0.1) is 0 Å². The van der Waals surface area contributed by atoms with Gasteiger partial charge in [-0.1, -0.05) is 35.9 Å². The number of aromatic nitrogens is 1. The van der Waals surface area contributed by atoms with Gasteiger partial charge in [-0.3, -0.25) is 9.59 Å². The number of fused-ring (bicyclic) bond motifs is 1.